The monoisotopic (exact) mass is 464 g/mol. The minimum absolute atomic E-state index is 0.00534. The van der Waals surface area contributed by atoms with Crippen LogP contribution in [0.4, 0.5) is 5.69 Å². The molecule has 0 radical (unpaired) electrons. The normalized spacial score (nSPS) is 11.0. The summed E-state index contributed by atoms with van der Waals surface area (Å²) in [6.45, 7) is 0.935. The van der Waals surface area contributed by atoms with E-state index in [0.29, 0.717) is 10.9 Å². The van der Waals surface area contributed by atoms with Crippen LogP contribution in [0.5, 0.6) is 0 Å². The average molecular weight is 464 g/mol. The molecule has 2 amide bonds. The Morgan fingerprint density at radius 1 is 0.853 bits per heavy atom. The fraction of sp³-hybridized carbons (Fsp3) is 0.182. The molecule has 2 aromatic heterocycles. The van der Waals surface area contributed by atoms with Crippen LogP contribution in [0.2, 0.25) is 0 Å². The third-order valence-corrected chi connectivity index (χ3v) is 5.30. The predicted molar refractivity (Wildman–Crippen MR) is 125 cm³/mol. The van der Waals surface area contributed by atoms with Gasteiger partial charge in [-0.3, -0.25) is 43.3 Å². The van der Waals surface area contributed by atoms with E-state index in [0.717, 1.165) is 4.57 Å². The van der Waals surface area contributed by atoms with E-state index >= 15 is 0 Å². The standard InChI is InChI=1S/C22H20N6O6/c1-2-27-21(33)12-6-3-4-9-15(12)28(22(27)34)11-17(30)23-10-16(29)24-14-8-5-7-13-18(14)20(32)26-25-19(13)31/h3-9H,2,10-11H2,1H3,(H,23,30)(H,24,29)(H,25,31)(H,26,32). The van der Waals surface area contributed by atoms with Gasteiger partial charge >= 0.3 is 5.69 Å². The fourth-order valence-electron chi connectivity index (χ4n) is 3.71. The van der Waals surface area contributed by atoms with Gasteiger partial charge in [-0.05, 0) is 31.2 Å². The highest BCUT2D eigenvalue weighted by molar-refractivity contribution is 6.02. The Labute approximate surface area is 189 Å². The first-order valence-electron chi connectivity index (χ1n) is 10.3. The van der Waals surface area contributed by atoms with E-state index in [1.165, 1.54) is 22.8 Å². The van der Waals surface area contributed by atoms with E-state index in [9.17, 15) is 28.8 Å². The lowest BCUT2D eigenvalue weighted by atomic mass is 10.1. The minimum atomic E-state index is -0.642. The van der Waals surface area contributed by atoms with Gasteiger partial charge < -0.3 is 10.6 Å². The largest absolute Gasteiger partial charge is 0.345 e. The van der Waals surface area contributed by atoms with Gasteiger partial charge in [-0.2, -0.15) is 0 Å². The Hall–Kier alpha value is -4.74. The van der Waals surface area contributed by atoms with Gasteiger partial charge in [0.15, 0.2) is 0 Å². The Morgan fingerprint density at radius 2 is 1.56 bits per heavy atom. The molecule has 4 aromatic rings. The van der Waals surface area contributed by atoms with Gasteiger partial charge in [0.25, 0.3) is 16.7 Å². The molecule has 0 saturated heterocycles. The van der Waals surface area contributed by atoms with Crippen LogP contribution in [0.1, 0.15) is 6.92 Å². The van der Waals surface area contributed by atoms with Gasteiger partial charge in [-0.15, -0.1) is 0 Å². The zero-order chi connectivity index (χ0) is 24.4. The summed E-state index contributed by atoms with van der Waals surface area (Å²) in [5.41, 5.74) is -1.77. The van der Waals surface area contributed by atoms with Crippen LogP contribution in [0, 0.1) is 0 Å². The summed E-state index contributed by atoms with van der Waals surface area (Å²) in [7, 11) is 0. The number of aromatic amines is 2. The smallest absolute Gasteiger partial charge is 0.331 e. The molecule has 0 unspecified atom stereocenters. The van der Waals surface area contributed by atoms with Crippen LogP contribution in [0.3, 0.4) is 0 Å². The molecule has 0 aliphatic carbocycles. The molecule has 12 heteroatoms. The maximum atomic E-state index is 12.7. The third-order valence-electron chi connectivity index (χ3n) is 5.30. The van der Waals surface area contributed by atoms with Crippen LogP contribution in [-0.4, -0.2) is 37.7 Å². The summed E-state index contributed by atoms with van der Waals surface area (Å²) in [5, 5.41) is 9.72. The number of para-hydroxylation sites is 1. The topological polar surface area (TPSA) is 168 Å². The number of nitrogens with one attached hydrogen (secondary N) is 4. The summed E-state index contributed by atoms with van der Waals surface area (Å²) >= 11 is 0. The molecule has 174 valence electrons. The predicted octanol–water partition coefficient (Wildman–Crippen LogP) is -0.532. The summed E-state index contributed by atoms with van der Waals surface area (Å²) in [5.74, 6) is -1.27. The van der Waals surface area contributed by atoms with Crippen molar-refractivity contribution in [2.45, 2.75) is 20.0 Å². The molecule has 12 nitrogen and oxygen atoms in total. The molecule has 0 atom stereocenters. The van der Waals surface area contributed by atoms with Crippen LogP contribution in [0.15, 0.2) is 61.6 Å². The van der Waals surface area contributed by atoms with Crippen molar-refractivity contribution in [3.63, 3.8) is 0 Å². The van der Waals surface area contributed by atoms with Crippen molar-refractivity contribution < 1.29 is 9.59 Å². The van der Waals surface area contributed by atoms with Gasteiger partial charge in [0.2, 0.25) is 11.8 Å². The molecule has 0 bridgehead atoms. The second-order valence-corrected chi connectivity index (χ2v) is 7.40. The second-order valence-electron chi connectivity index (χ2n) is 7.40. The first-order chi connectivity index (χ1) is 16.3. The van der Waals surface area contributed by atoms with Gasteiger partial charge in [-0.25, -0.2) is 4.79 Å². The SMILES string of the molecule is CCn1c(=O)c2ccccc2n(CC(=O)NCC(=O)Nc2cccc3c(=O)[nH][nH]c(=O)c23)c1=O. The lowest BCUT2D eigenvalue weighted by Gasteiger charge is -2.13. The average Bonchev–Trinajstić information content (AvgIpc) is 2.83. The van der Waals surface area contributed by atoms with Crippen LogP contribution < -0.4 is 33.0 Å². The molecule has 0 aliphatic rings. The molecule has 4 N–H and O–H groups in total. The number of hydrogen-bond acceptors (Lipinski definition) is 6. The number of carbonyl (C=O) groups excluding carboxylic acids is 2. The van der Waals surface area contributed by atoms with E-state index in [2.05, 4.69) is 20.8 Å². The van der Waals surface area contributed by atoms with Crippen molar-refractivity contribution in [2.75, 3.05) is 11.9 Å². The Bertz CT molecular complexity index is 1680. The Balaban J connectivity index is 1.52. The molecule has 0 saturated carbocycles. The third kappa shape index (κ3) is 4.03. The van der Waals surface area contributed by atoms with Crippen molar-refractivity contribution in [3.8, 4) is 0 Å². The zero-order valence-corrected chi connectivity index (χ0v) is 18.0. The van der Waals surface area contributed by atoms with Crippen LogP contribution >= 0.6 is 0 Å². The number of rotatable bonds is 6. The Morgan fingerprint density at radius 3 is 2.32 bits per heavy atom. The van der Waals surface area contributed by atoms with Crippen molar-refractivity contribution in [1.82, 2.24) is 24.6 Å². The number of benzene rings is 2. The molecule has 0 spiro atoms. The second kappa shape index (κ2) is 9.02. The highest BCUT2D eigenvalue weighted by atomic mass is 16.2. The summed E-state index contributed by atoms with van der Waals surface area (Å²) in [6, 6.07) is 10.9. The van der Waals surface area contributed by atoms with Gasteiger partial charge in [0, 0.05) is 6.54 Å². The number of aromatic nitrogens is 4. The van der Waals surface area contributed by atoms with Crippen LogP contribution in [-0.2, 0) is 22.7 Å². The first-order valence-corrected chi connectivity index (χ1v) is 10.3. The maximum absolute atomic E-state index is 12.7. The van der Waals surface area contributed by atoms with E-state index in [1.54, 1.807) is 31.2 Å². The summed E-state index contributed by atoms with van der Waals surface area (Å²) < 4.78 is 2.20. The number of amides is 2. The van der Waals surface area contributed by atoms with E-state index in [4.69, 9.17) is 0 Å². The lowest BCUT2D eigenvalue weighted by molar-refractivity contribution is -0.124. The fourth-order valence-corrected chi connectivity index (χ4v) is 3.71. The van der Waals surface area contributed by atoms with Crippen molar-refractivity contribution in [1.29, 1.82) is 0 Å². The molecule has 2 aromatic carbocycles. The summed E-state index contributed by atoms with van der Waals surface area (Å²) in [4.78, 5) is 74.2. The first kappa shape index (κ1) is 22.5. The van der Waals surface area contributed by atoms with E-state index in [1.807, 2.05) is 0 Å². The molecule has 34 heavy (non-hydrogen) atoms. The molecule has 4 rings (SSSR count). The van der Waals surface area contributed by atoms with Crippen molar-refractivity contribution in [2.24, 2.45) is 0 Å². The van der Waals surface area contributed by atoms with Gasteiger partial charge in [0.05, 0.1) is 33.9 Å². The van der Waals surface area contributed by atoms with E-state index < -0.39 is 47.3 Å². The number of anilines is 1. The summed E-state index contributed by atoms with van der Waals surface area (Å²) in [6.07, 6.45) is 0. The highest BCUT2D eigenvalue weighted by Gasteiger charge is 2.16. The minimum Gasteiger partial charge on any atom is -0.345 e. The van der Waals surface area contributed by atoms with Crippen molar-refractivity contribution >= 4 is 39.2 Å². The number of hydrogen-bond donors (Lipinski definition) is 4. The van der Waals surface area contributed by atoms with Crippen LogP contribution in [0.25, 0.3) is 21.7 Å². The van der Waals surface area contributed by atoms with Gasteiger partial charge in [0.1, 0.15) is 6.54 Å². The molecule has 0 aliphatic heterocycles. The Kier molecular flexibility index (Phi) is 5.95. The molecule has 0 fully saturated rings. The lowest BCUT2D eigenvalue weighted by Crippen LogP contribution is -2.43. The molecular weight excluding hydrogens is 444 g/mol. The number of carbonyl (C=O) groups is 2. The number of fused-ring (bicyclic) bond motifs is 2. The number of nitrogens with zero attached hydrogens (tertiary/aromatic N) is 2. The molecular formula is C22H20N6O6. The molecule has 2 heterocycles. The quantitative estimate of drug-likeness (QED) is 0.299. The van der Waals surface area contributed by atoms with Crippen molar-refractivity contribution in [3.05, 3.63) is 84.0 Å². The highest BCUT2D eigenvalue weighted by Crippen LogP contribution is 2.16. The number of H-pyrrole nitrogens is 2. The maximum Gasteiger partial charge on any atom is 0.331 e. The van der Waals surface area contributed by atoms with E-state index in [-0.39, 0.29) is 23.0 Å². The zero-order valence-electron chi connectivity index (χ0n) is 18.0. The van der Waals surface area contributed by atoms with Gasteiger partial charge in [-0.1, -0.05) is 18.2 Å².